The van der Waals surface area contributed by atoms with E-state index in [-0.39, 0.29) is 5.41 Å². The molecule has 0 amide bonds. The summed E-state index contributed by atoms with van der Waals surface area (Å²) in [5.41, 5.74) is 3.48. The van der Waals surface area contributed by atoms with Crippen LogP contribution in [0.25, 0.3) is 0 Å². The molecule has 0 aliphatic carbocycles. The number of hydrogen-bond donors (Lipinski definition) is 0. The van der Waals surface area contributed by atoms with Gasteiger partial charge in [0, 0.05) is 50.5 Å². The van der Waals surface area contributed by atoms with Crippen molar-refractivity contribution in [3.8, 4) is 0 Å². The minimum Gasteiger partial charge on any atom is -0.374 e. The summed E-state index contributed by atoms with van der Waals surface area (Å²) in [4.78, 5) is 4.85. The Kier molecular flexibility index (Phi) is 10.9. The molecule has 0 saturated carbocycles. The maximum Gasteiger partial charge on any atom is 0.500 e. The van der Waals surface area contributed by atoms with Gasteiger partial charge >= 0.3 is 8.80 Å². The van der Waals surface area contributed by atoms with Gasteiger partial charge in [-0.1, -0.05) is 91.0 Å². The predicted octanol–water partition coefficient (Wildman–Crippen LogP) is 6.92. The fourth-order valence-corrected chi connectivity index (χ4v) is 7.30. The third-order valence-corrected chi connectivity index (χ3v) is 9.34. The van der Waals surface area contributed by atoms with E-state index in [9.17, 15) is 0 Å². The third-order valence-electron chi connectivity index (χ3n) is 6.19. The number of benzene rings is 3. The average molecular weight is 490 g/mol. The standard InChI is InChI=1S/C30H39NO3Si/c1-4-32-35(33-5-2,34-6-3)26-16-24-31-25-23-30(27-17-10-7-11-18-27,28-19-12-8-13-20-28)29-21-14-9-15-22-29/h7-15,17-22,25H,4-6,16,23-24,26H2,1-3H3. The second-order valence-corrected chi connectivity index (χ2v) is 11.1. The molecule has 3 aromatic rings. The van der Waals surface area contributed by atoms with E-state index < -0.39 is 8.80 Å². The lowest BCUT2D eigenvalue weighted by atomic mass is 9.67. The van der Waals surface area contributed by atoms with Crippen LogP contribution in [0.3, 0.4) is 0 Å². The van der Waals surface area contributed by atoms with Crippen molar-refractivity contribution in [2.24, 2.45) is 4.99 Å². The first kappa shape index (κ1) is 27.0. The highest BCUT2D eigenvalue weighted by Gasteiger charge is 2.39. The fourth-order valence-electron chi connectivity index (χ4n) is 4.70. The van der Waals surface area contributed by atoms with Crippen LogP contribution < -0.4 is 0 Å². The second-order valence-electron chi connectivity index (χ2n) is 8.38. The molecule has 0 saturated heterocycles. The Morgan fingerprint density at radius 3 is 1.43 bits per heavy atom. The van der Waals surface area contributed by atoms with Crippen LogP contribution >= 0.6 is 0 Å². The molecule has 4 nitrogen and oxygen atoms in total. The van der Waals surface area contributed by atoms with Gasteiger partial charge in [-0.15, -0.1) is 0 Å². The van der Waals surface area contributed by atoms with Crippen molar-refractivity contribution < 1.29 is 13.3 Å². The Morgan fingerprint density at radius 1 is 0.657 bits per heavy atom. The minimum absolute atomic E-state index is 0.312. The Labute approximate surface area is 212 Å². The van der Waals surface area contributed by atoms with Crippen LogP contribution in [-0.4, -0.2) is 41.4 Å². The largest absolute Gasteiger partial charge is 0.500 e. The van der Waals surface area contributed by atoms with Crippen molar-refractivity contribution in [1.82, 2.24) is 0 Å². The monoisotopic (exact) mass is 489 g/mol. The molecular formula is C30H39NO3Si. The Balaban J connectivity index is 1.83. The van der Waals surface area contributed by atoms with Gasteiger partial charge in [0.2, 0.25) is 0 Å². The molecule has 0 aromatic heterocycles. The number of aliphatic imine (C=N–C) groups is 1. The van der Waals surface area contributed by atoms with Crippen molar-refractivity contribution in [1.29, 1.82) is 0 Å². The van der Waals surface area contributed by atoms with E-state index in [1.165, 1.54) is 16.7 Å². The van der Waals surface area contributed by atoms with E-state index in [4.69, 9.17) is 18.3 Å². The third kappa shape index (κ3) is 6.98. The van der Waals surface area contributed by atoms with Crippen LogP contribution in [0.1, 0.15) is 50.3 Å². The first-order valence-electron chi connectivity index (χ1n) is 12.8. The summed E-state index contributed by atoms with van der Waals surface area (Å²) in [6.07, 6.45) is 3.74. The van der Waals surface area contributed by atoms with Gasteiger partial charge in [0.25, 0.3) is 0 Å². The molecule has 3 rings (SSSR count). The van der Waals surface area contributed by atoms with Gasteiger partial charge in [0.15, 0.2) is 0 Å². The lowest BCUT2D eigenvalue weighted by Gasteiger charge is -2.35. The molecular weight excluding hydrogens is 450 g/mol. The van der Waals surface area contributed by atoms with Gasteiger partial charge in [-0.3, -0.25) is 4.99 Å². The molecule has 5 heteroatoms. The molecule has 0 aliphatic heterocycles. The Hall–Kier alpha value is -2.57. The normalized spacial score (nSPS) is 12.3. The van der Waals surface area contributed by atoms with Gasteiger partial charge in [-0.2, -0.15) is 0 Å². The zero-order valence-electron chi connectivity index (χ0n) is 21.4. The van der Waals surface area contributed by atoms with Gasteiger partial charge in [-0.05, 0) is 43.9 Å². The minimum atomic E-state index is -2.62. The van der Waals surface area contributed by atoms with E-state index in [1.54, 1.807) is 0 Å². The summed E-state index contributed by atoms with van der Waals surface area (Å²) in [6, 6.07) is 33.0. The van der Waals surface area contributed by atoms with E-state index in [0.29, 0.717) is 19.8 Å². The maximum atomic E-state index is 5.99. The molecule has 0 atom stereocenters. The lowest BCUT2D eigenvalue weighted by Crippen LogP contribution is -2.46. The molecule has 35 heavy (non-hydrogen) atoms. The molecule has 0 N–H and O–H groups in total. The van der Waals surface area contributed by atoms with Crippen LogP contribution in [-0.2, 0) is 18.7 Å². The number of hydrogen-bond acceptors (Lipinski definition) is 4. The molecule has 0 unspecified atom stereocenters. The van der Waals surface area contributed by atoms with Crippen LogP contribution in [0, 0.1) is 0 Å². The molecule has 0 spiro atoms. The van der Waals surface area contributed by atoms with Crippen molar-refractivity contribution >= 4 is 15.0 Å². The van der Waals surface area contributed by atoms with Crippen LogP contribution in [0.4, 0.5) is 0 Å². The summed E-state index contributed by atoms with van der Waals surface area (Å²) in [5.74, 6) is 0. The van der Waals surface area contributed by atoms with Crippen molar-refractivity contribution in [3.05, 3.63) is 108 Å². The molecule has 3 aromatic carbocycles. The SMILES string of the molecule is CCO[Si](CCCN=CCC(c1ccccc1)(c1ccccc1)c1ccccc1)(OCC)OCC. The Morgan fingerprint density at radius 2 is 1.06 bits per heavy atom. The zero-order valence-corrected chi connectivity index (χ0v) is 22.4. The van der Waals surface area contributed by atoms with Crippen molar-refractivity contribution in [3.63, 3.8) is 0 Å². The summed E-state index contributed by atoms with van der Waals surface area (Å²) in [7, 11) is -2.62. The molecule has 186 valence electrons. The zero-order chi connectivity index (χ0) is 24.8. The van der Waals surface area contributed by atoms with E-state index in [2.05, 4.69) is 97.2 Å². The molecule has 0 radical (unpaired) electrons. The Bertz CT molecular complexity index is 882. The molecule has 0 bridgehead atoms. The van der Waals surface area contributed by atoms with E-state index in [0.717, 1.165) is 25.4 Å². The molecule has 0 fully saturated rings. The van der Waals surface area contributed by atoms with Gasteiger partial charge in [0.05, 0.1) is 0 Å². The van der Waals surface area contributed by atoms with Gasteiger partial charge in [-0.25, -0.2) is 0 Å². The van der Waals surface area contributed by atoms with Crippen LogP contribution in [0.5, 0.6) is 0 Å². The highest BCUT2D eigenvalue weighted by atomic mass is 28.4. The van der Waals surface area contributed by atoms with Crippen molar-refractivity contribution in [2.45, 2.75) is 45.1 Å². The summed E-state index contributed by atoms with van der Waals surface area (Å²) in [6.45, 7) is 8.50. The molecule has 0 aliphatic rings. The lowest BCUT2D eigenvalue weighted by molar-refractivity contribution is 0.0710. The second kappa shape index (κ2) is 14.1. The summed E-state index contributed by atoms with van der Waals surface area (Å²) >= 11 is 0. The smallest absolute Gasteiger partial charge is 0.374 e. The van der Waals surface area contributed by atoms with Crippen molar-refractivity contribution in [2.75, 3.05) is 26.4 Å². The highest BCUT2D eigenvalue weighted by Crippen LogP contribution is 2.41. The van der Waals surface area contributed by atoms with Gasteiger partial charge in [0.1, 0.15) is 0 Å². The average Bonchev–Trinajstić information content (AvgIpc) is 2.90. The predicted molar refractivity (Wildman–Crippen MR) is 147 cm³/mol. The molecule has 0 heterocycles. The maximum absolute atomic E-state index is 5.99. The number of nitrogens with zero attached hydrogens (tertiary/aromatic N) is 1. The summed E-state index contributed by atoms with van der Waals surface area (Å²) in [5, 5.41) is 0. The first-order valence-corrected chi connectivity index (χ1v) is 14.7. The highest BCUT2D eigenvalue weighted by molar-refractivity contribution is 6.60. The van der Waals surface area contributed by atoms with E-state index in [1.807, 2.05) is 20.8 Å². The van der Waals surface area contributed by atoms with Gasteiger partial charge < -0.3 is 13.3 Å². The van der Waals surface area contributed by atoms with Crippen LogP contribution in [0.15, 0.2) is 96.0 Å². The topological polar surface area (TPSA) is 40.0 Å². The first-order chi connectivity index (χ1) is 17.2. The number of rotatable bonds is 15. The van der Waals surface area contributed by atoms with Crippen LogP contribution in [0.2, 0.25) is 6.04 Å². The van der Waals surface area contributed by atoms with E-state index >= 15 is 0 Å². The fraction of sp³-hybridized carbons (Fsp3) is 0.367. The summed E-state index contributed by atoms with van der Waals surface area (Å²) < 4.78 is 18.0. The quantitative estimate of drug-likeness (QED) is 0.101.